The number of hydrogen-bond acceptors (Lipinski definition) is 1. The zero-order chi connectivity index (χ0) is 17.0. The summed E-state index contributed by atoms with van der Waals surface area (Å²) < 4.78 is 0. The molecule has 0 saturated carbocycles. The van der Waals surface area contributed by atoms with Crippen molar-refractivity contribution in [3.8, 4) is 0 Å². The number of aliphatic hydroxyl groups is 1. The lowest BCUT2D eigenvalue weighted by atomic mass is 9.94. The Hall–Kier alpha value is -0.820. The molecular formula is C21H38O. The van der Waals surface area contributed by atoms with Gasteiger partial charge in [0.05, 0.1) is 5.60 Å². The first-order valence-corrected chi connectivity index (χ1v) is 8.94. The predicted molar refractivity (Wildman–Crippen MR) is 100 cm³/mol. The van der Waals surface area contributed by atoms with Crippen LogP contribution in [0.15, 0.2) is 34.9 Å². The van der Waals surface area contributed by atoms with Crippen LogP contribution in [0, 0.1) is 0 Å². The molecule has 0 aliphatic rings. The van der Waals surface area contributed by atoms with E-state index in [1.807, 2.05) is 6.92 Å². The average molecular weight is 307 g/mol. The van der Waals surface area contributed by atoms with Gasteiger partial charge in [0.25, 0.3) is 0 Å². The first kappa shape index (κ1) is 21.2. The highest BCUT2D eigenvalue weighted by molar-refractivity contribution is 5.05. The monoisotopic (exact) mass is 306 g/mol. The molecule has 0 radical (unpaired) electrons. The molecule has 0 aliphatic carbocycles. The highest BCUT2D eigenvalue weighted by Crippen LogP contribution is 2.20. The van der Waals surface area contributed by atoms with Crippen LogP contribution < -0.4 is 0 Å². The van der Waals surface area contributed by atoms with E-state index in [-0.39, 0.29) is 0 Å². The van der Waals surface area contributed by atoms with Gasteiger partial charge in [-0.15, -0.1) is 0 Å². The van der Waals surface area contributed by atoms with E-state index < -0.39 is 5.60 Å². The second-order valence-corrected chi connectivity index (χ2v) is 7.25. The Balaban J connectivity index is 3.99. The van der Waals surface area contributed by atoms with Gasteiger partial charge in [-0.25, -0.2) is 0 Å². The maximum atomic E-state index is 10.2. The molecule has 1 unspecified atom stereocenters. The molecule has 0 bridgehead atoms. The summed E-state index contributed by atoms with van der Waals surface area (Å²) in [4.78, 5) is 0. The fraction of sp³-hybridized carbons (Fsp3) is 0.714. The second-order valence-electron chi connectivity index (χ2n) is 7.25. The molecule has 1 atom stereocenters. The van der Waals surface area contributed by atoms with Crippen LogP contribution in [0.2, 0.25) is 0 Å². The van der Waals surface area contributed by atoms with Gasteiger partial charge < -0.3 is 5.11 Å². The van der Waals surface area contributed by atoms with Crippen LogP contribution in [0.25, 0.3) is 0 Å². The minimum atomic E-state index is -0.493. The molecule has 0 aromatic carbocycles. The lowest BCUT2D eigenvalue weighted by Crippen LogP contribution is -2.22. The fourth-order valence-corrected chi connectivity index (χ4v) is 2.63. The second kappa shape index (κ2) is 11.7. The summed E-state index contributed by atoms with van der Waals surface area (Å²) in [6.07, 6.45) is 15.4. The first-order chi connectivity index (χ1) is 10.3. The zero-order valence-corrected chi connectivity index (χ0v) is 15.8. The Bertz CT molecular complexity index is 379. The van der Waals surface area contributed by atoms with Crippen molar-refractivity contribution in [2.24, 2.45) is 0 Å². The quantitative estimate of drug-likeness (QED) is 0.419. The average Bonchev–Trinajstić information content (AvgIpc) is 2.37. The minimum absolute atomic E-state index is 0.493. The van der Waals surface area contributed by atoms with Gasteiger partial charge in [-0.1, -0.05) is 48.3 Å². The maximum absolute atomic E-state index is 10.2. The van der Waals surface area contributed by atoms with E-state index in [0.29, 0.717) is 0 Å². The van der Waals surface area contributed by atoms with Crippen molar-refractivity contribution in [1.82, 2.24) is 0 Å². The third-order valence-electron chi connectivity index (χ3n) is 4.09. The molecule has 1 nitrogen and oxygen atoms in total. The summed E-state index contributed by atoms with van der Waals surface area (Å²) in [5.74, 6) is 0. The van der Waals surface area contributed by atoms with Crippen LogP contribution >= 0.6 is 0 Å². The molecule has 0 amide bonds. The minimum Gasteiger partial charge on any atom is -0.390 e. The standard InChI is InChI=1S/C21H38O/c1-7-16-21(6,22)17-10-15-20(5)14-9-13-19(4)12-8-11-18(2)3/h11,13,15,22H,7-10,12,14,16-17H2,1-6H3/b19-13+,20-15+. The van der Waals surface area contributed by atoms with Crippen molar-refractivity contribution >= 4 is 0 Å². The van der Waals surface area contributed by atoms with Gasteiger partial charge in [-0.2, -0.15) is 0 Å². The van der Waals surface area contributed by atoms with Gasteiger partial charge in [-0.3, -0.25) is 0 Å². The molecule has 0 fully saturated rings. The van der Waals surface area contributed by atoms with Crippen molar-refractivity contribution in [2.45, 2.75) is 98.5 Å². The van der Waals surface area contributed by atoms with Gasteiger partial charge >= 0.3 is 0 Å². The number of hydrogen-bond donors (Lipinski definition) is 1. The molecule has 0 heterocycles. The lowest BCUT2D eigenvalue weighted by molar-refractivity contribution is 0.0422. The predicted octanol–water partition coefficient (Wildman–Crippen LogP) is 6.74. The van der Waals surface area contributed by atoms with E-state index in [1.165, 1.54) is 23.1 Å². The molecule has 1 N–H and O–H groups in total. The van der Waals surface area contributed by atoms with E-state index in [9.17, 15) is 5.11 Å². The molecule has 1 heteroatoms. The van der Waals surface area contributed by atoms with Crippen LogP contribution in [0.5, 0.6) is 0 Å². The normalized spacial score (nSPS) is 15.6. The summed E-state index contributed by atoms with van der Waals surface area (Å²) in [6.45, 7) is 12.8. The summed E-state index contributed by atoms with van der Waals surface area (Å²) >= 11 is 0. The van der Waals surface area contributed by atoms with Crippen molar-refractivity contribution in [1.29, 1.82) is 0 Å². The maximum Gasteiger partial charge on any atom is 0.0622 e. The SMILES string of the molecule is CCCC(C)(O)CC/C=C(\C)CC/C=C(\C)CCC=C(C)C. The Morgan fingerprint density at radius 2 is 1.32 bits per heavy atom. The van der Waals surface area contributed by atoms with Crippen LogP contribution in [-0.4, -0.2) is 10.7 Å². The molecule has 0 rings (SSSR count). The molecular weight excluding hydrogens is 268 g/mol. The molecule has 0 saturated heterocycles. The smallest absolute Gasteiger partial charge is 0.0622 e. The zero-order valence-electron chi connectivity index (χ0n) is 15.8. The van der Waals surface area contributed by atoms with E-state index in [0.717, 1.165) is 44.9 Å². The Morgan fingerprint density at radius 1 is 0.818 bits per heavy atom. The Morgan fingerprint density at radius 3 is 1.82 bits per heavy atom. The molecule has 128 valence electrons. The highest BCUT2D eigenvalue weighted by atomic mass is 16.3. The van der Waals surface area contributed by atoms with Crippen molar-refractivity contribution in [3.05, 3.63) is 34.9 Å². The molecule has 0 aliphatic heterocycles. The van der Waals surface area contributed by atoms with Gasteiger partial charge in [0.1, 0.15) is 0 Å². The number of rotatable bonds is 11. The van der Waals surface area contributed by atoms with E-state index in [1.54, 1.807) is 0 Å². The van der Waals surface area contributed by atoms with Crippen LogP contribution in [-0.2, 0) is 0 Å². The summed E-state index contributed by atoms with van der Waals surface area (Å²) in [5, 5.41) is 10.2. The Kier molecular flexibility index (Phi) is 11.3. The topological polar surface area (TPSA) is 20.2 Å². The van der Waals surface area contributed by atoms with Gasteiger partial charge in [0, 0.05) is 0 Å². The third-order valence-corrected chi connectivity index (χ3v) is 4.09. The van der Waals surface area contributed by atoms with Crippen molar-refractivity contribution < 1.29 is 5.11 Å². The van der Waals surface area contributed by atoms with Crippen LogP contribution in [0.1, 0.15) is 92.9 Å². The summed E-state index contributed by atoms with van der Waals surface area (Å²) in [7, 11) is 0. The summed E-state index contributed by atoms with van der Waals surface area (Å²) in [6, 6.07) is 0. The van der Waals surface area contributed by atoms with Gasteiger partial charge in [0.15, 0.2) is 0 Å². The van der Waals surface area contributed by atoms with E-state index in [2.05, 4.69) is 52.8 Å². The van der Waals surface area contributed by atoms with Gasteiger partial charge in [0.2, 0.25) is 0 Å². The first-order valence-electron chi connectivity index (χ1n) is 8.94. The molecule has 22 heavy (non-hydrogen) atoms. The summed E-state index contributed by atoms with van der Waals surface area (Å²) in [5.41, 5.74) is 3.86. The van der Waals surface area contributed by atoms with Crippen molar-refractivity contribution in [2.75, 3.05) is 0 Å². The highest BCUT2D eigenvalue weighted by Gasteiger charge is 2.17. The van der Waals surface area contributed by atoms with Gasteiger partial charge in [-0.05, 0) is 79.6 Å². The third kappa shape index (κ3) is 12.9. The lowest BCUT2D eigenvalue weighted by Gasteiger charge is -2.21. The molecule has 0 aromatic rings. The van der Waals surface area contributed by atoms with E-state index >= 15 is 0 Å². The van der Waals surface area contributed by atoms with Crippen molar-refractivity contribution in [3.63, 3.8) is 0 Å². The van der Waals surface area contributed by atoms with E-state index in [4.69, 9.17) is 0 Å². The fourth-order valence-electron chi connectivity index (χ4n) is 2.63. The van der Waals surface area contributed by atoms with Crippen LogP contribution in [0.4, 0.5) is 0 Å². The molecule has 0 spiro atoms. The Labute approximate surface area is 139 Å². The van der Waals surface area contributed by atoms with Crippen LogP contribution in [0.3, 0.4) is 0 Å². The number of allylic oxidation sites excluding steroid dienone is 6. The largest absolute Gasteiger partial charge is 0.390 e. The molecule has 0 aromatic heterocycles.